The molecule has 2 aromatic rings. The Bertz CT molecular complexity index is 1220. The zero-order chi connectivity index (χ0) is 29.3. The van der Waals surface area contributed by atoms with Crippen molar-refractivity contribution >= 4 is 17.6 Å². The summed E-state index contributed by atoms with van der Waals surface area (Å²) >= 11 is 0. The summed E-state index contributed by atoms with van der Waals surface area (Å²) in [7, 11) is 0. The van der Waals surface area contributed by atoms with Gasteiger partial charge >= 0.3 is 11.9 Å². The summed E-state index contributed by atoms with van der Waals surface area (Å²) in [6.45, 7) is 13.0. The highest BCUT2D eigenvalue weighted by atomic mass is 16.6. The van der Waals surface area contributed by atoms with Gasteiger partial charge < -0.3 is 29.2 Å². The molecule has 0 aromatic heterocycles. The van der Waals surface area contributed by atoms with E-state index in [-0.39, 0.29) is 25.1 Å². The monoisotopic (exact) mass is 551 g/mol. The van der Waals surface area contributed by atoms with Gasteiger partial charge in [0.2, 0.25) is 6.10 Å². The standard InChI is InChI=1S/C31H41N3O6/c1-7-37-25-11-9-10-12-26(25)39-27(30(36)40-31(4,5)6)19-33-21(3)15-22-16-23-13-14-34(20-28(35)38-8-2)29(23)24(17-22)18-32/h9-12,16-17,21,27,33H,7-8,13-15,19-20H2,1-6H3. The lowest BCUT2D eigenvalue weighted by Gasteiger charge is -2.26. The lowest BCUT2D eigenvalue weighted by molar-refractivity contribution is -0.163. The fourth-order valence-electron chi connectivity index (χ4n) is 4.67. The number of hydrogen-bond donors (Lipinski definition) is 1. The number of benzene rings is 2. The zero-order valence-corrected chi connectivity index (χ0v) is 24.4. The van der Waals surface area contributed by atoms with Crippen LogP contribution in [0, 0.1) is 11.3 Å². The molecule has 0 fully saturated rings. The van der Waals surface area contributed by atoms with Crippen LogP contribution in [0.5, 0.6) is 11.5 Å². The van der Waals surface area contributed by atoms with Crippen molar-refractivity contribution in [3.8, 4) is 17.6 Å². The van der Waals surface area contributed by atoms with Crippen molar-refractivity contribution in [2.45, 2.75) is 72.1 Å². The van der Waals surface area contributed by atoms with Gasteiger partial charge in [-0.15, -0.1) is 0 Å². The number of nitrogens with one attached hydrogen (secondary N) is 1. The average Bonchev–Trinajstić information content (AvgIpc) is 3.28. The first-order chi connectivity index (χ1) is 19.0. The minimum atomic E-state index is -0.894. The molecule has 0 aliphatic carbocycles. The van der Waals surface area contributed by atoms with Crippen molar-refractivity contribution in [1.82, 2.24) is 5.32 Å². The number of esters is 2. The maximum Gasteiger partial charge on any atom is 0.349 e. The zero-order valence-electron chi connectivity index (χ0n) is 24.4. The fraction of sp³-hybridized carbons (Fsp3) is 0.516. The largest absolute Gasteiger partial charge is 0.490 e. The third kappa shape index (κ3) is 8.62. The molecular weight excluding hydrogens is 510 g/mol. The molecule has 1 aliphatic rings. The molecular formula is C31H41N3O6. The highest BCUT2D eigenvalue weighted by molar-refractivity contribution is 5.79. The molecule has 2 aromatic carbocycles. The molecule has 0 bridgehead atoms. The van der Waals surface area contributed by atoms with E-state index in [1.807, 2.05) is 57.7 Å². The maximum absolute atomic E-state index is 13.1. The van der Waals surface area contributed by atoms with Crippen LogP contribution in [0.4, 0.5) is 5.69 Å². The van der Waals surface area contributed by atoms with Gasteiger partial charge in [0.05, 0.1) is 24.5 Å². The summed E-state index contributed by atoms with van der Waals surface area (Å²) in [6, 6.07) is 13.5. The molecule has 3 rings (SSSR count). The van der Waals surface area contributed by atoms with Crippen LogP contribution in [-0.4, -0.2) is 62.5 Å². The number of nitrogens with zero attached hydrogens (tertiary/aromatic N) is 2. The normalized spacial score (nSPS) is 14.1. The van der Waals surface area contributed by atoms with E-state index in [0.29, 0.717) is 43.2 Å². The lowest BCUT2D eigenvalue weighted by atomic mass is 9.99. The predicted molar refractivity (Wildman–Crippen MR) is 153 cm³/mol. The SMILES string of the molecule is CCOC(=O)CN1CCc2cc(CC(C)NCC(Oc3ccccc3OCC)C(=O)OC(C)(C)C)cc(C#N)c21. The number of para-hydroxylation sites is 2. The number of hydrogen-bond acceptors (Lipinski definition) is 9. The van der Waals surface area contributed by atoms with Crippen molar-refractivity contribution < 1.29 is 28.5 Å². The van der Waals surface area contributed by atoms with Gasteiger partial charge in [0.1, 0.15) is 18.2 Å². The molecule has 2 atom stereocenters. The number of anilines is 1. The molecule has 1 heterocycles. The van der Waals surface area contributed by atoms with Crippen LogP contribution in [0.2, 0.25) is 0 Å². The van der Waals surface area contributed by atoms with Gasteiger partial charge in [-0.2, -0.15) is 5.26 Å². The van der Waals surface area contributed by atoms with Crippen molar-refractivity contribution in [2.24, 2.45) is 0 Å². The van der Waals surface area contributed by atoms with E-state index in [9.17, 15) is 14.9 Å². The molecule has 9 heteroatoms. The van der Waals surface area contributed by atoms with E-state index in [1.54, 1.807) is 19.1 Å². The third-order valence-electron chi connectivity index (χ3n) is 6.24. The van der Waals surface area contributed by atoms with Crippen LogP contribution < -0.4 is 19.7 Å². The Kier molecular flexibility index (Phi) is 10.8. The molecule has 9 nitrogen and oxygen atoms in total. The first kappa shape index (κ1) is 30.8. The minimum Gasteiger partial charge on any atom is -0.490 e. The minimum absolute atomic E-state index is 0.0303. The Hall–Kier alpha value is -3.77. The summed E-state index contributed by atoms with van der Waals surface area (Å²) < 4.78 is 22.5. The first-order valence-electron chi connectivity index (χ1n) is 13.9. The van der Waals surface area contributed by atoms with Gasteiger partial charge in [-0.25, -0.2) is 4.79 Å². The van der Waals surface area contributed by atoms with Crippen LogP contribution in [0.25, 0.3) is 0 Å². The Morgan fingerprint density at radius 2 is 1.85 bits per heavy atom. The molecule has 1 N–H and O–H groups in total. The molecule has 0 amide bonds. The Labute approximate surface area is 237 Å². The van der Waals surface area contributed by atoms with E-state index in [2.05, 4.69) is 17.5 Å². The van der Waals surface area contributed by atoms with E-state index in [1.165, 1.54) is 0 Å². The molecule has 0 radical (unpaired) electrons. The van der Waals surface area contributed by atoms with Gasteiger partial charge in [0.25, 0.3) is 0 Å². The first-order valence-corrected chi connectivity index (χ1v) is 13.9. The van der Waals surface area contributed by atoms with Crippen LogP contribution in [-0.2, 0) is 31.9 Å². The maximum atomic E-state index is 13.1. The smallest absolute Gasteiger partial charge is 0.349 e. The number of ether oxygens (including phenoxy) is 4. The van der Waals surface area contributed by atoms with Crippen LogP contribution in [0.1, 0.15) is 58.2 Å². The summed E-state index contributed by atoms with van der Waals surface area (Å²) in [5, 5.41) is 13.3. The number of fused-ring (bicyclic) bond motifs is 1. The number of carbonyl (C=O) groups is 2. The van der Waals surface area contributed by atoms with Crippen LogP contribution >= 0.6 is 0 Å². The second kappa shape index (κ2) is 14.0. The van der Waals surface area contributed by atoms with Crippen molar-refractivity contribution in [2.75, 3.05) is 37.7 Å². The quantitative estimate of drug-likeness (QED) is 0.366. The van der Waals surface area contributed by atoms with Crippen molar-refractivity contribution in [3.05, 3.63) is 53.1 Å². The number of nitriles is 1. The summed E-state index contributed by atoms with van der Waals surface area (Å²) in [5.41, 5.74) is 2.75. The van der Waals surface area contributed by atoms with Crippen molar-refractivity contribution in [1.29, 1.82) is 5.26 Å². The summed E-state index contributed by atoms with van der Waals surface area (Å²) in [5.74, 6) is 0.265. The fourth-order valence-corrected chi connectivity index (χ4v) is 4.67. The van der Waals surface area contributed by atoms with E-state index < -0.39 is 17.7 Å². The average molecular weight is 552 g/mol. The van der Waals surface area contributed by atoms with Gasteiger partial charge in [0.15, 0.2) is 11.5 Å². The summed E-state index contributed by atoms with van der Waals surface area (Å²) in [6.07, 6.45) is 0.498. The highest BCUT2D eigenvalue weighted by Gasteiger charge is 2.29. The molecule has 216 valence electrons. The molecule has 0 saturated heterocycles. The third-order valence-corrected chi connectivity index (χ3v) is 6.24. The van der Waals surface area contributed by atoms with E-state index >= 15 is 0 Å². The lowest BCUT2D eigenvalue weighted by Crippen LogP contribution is -2.44. The van der Waals surface area contributed by atoms with E-state index in [4.69, 9.17) is 18.9 Å². The Morgan fingerprint density at radius 3 is 2.50 bits per heavy atom. The van der Waals surface area contributed by atoms with Crippen molar-refractivity contribution in [3.63, 3.8) is 0 Å². The van der Waals surface area contributed by atoms with Crippen LogP contribution in [0.15, 0.2) is 36.4 Å². The molecule has 40 heavy (non-hydrogen) atoms. The number of rotatable bonds is 13. The molecule has 0 spiro atoms. The van der Waals surface area contributed by atoms with E-state index in [0.717, 1.165) is 23.2 Å². The second-order valence-electron chi connectivity index (χ2n) is 10.8. The topological polar surface area (TPSA) is 110 Å². The highest BCUT2D eigenvalue weighted by Crippen LogP contribution is 2.33. The number of carbonyl (C=O) groups excluding carboxylic acids is 2. The molecule has 1 aliphatic heterocycles. The Morgan fingerprint density at radius 1 is 1.12 bits per heavy atom. The predicted octanol–water partition coefficient (Wildman–Crippen LogP) is 4.19. The van der Waals surface area contributed by atoms with Gasteiger partial charge in [-0.3, -0.25) is 4.79 Å². The van der Waals surface area contributed by atoms with Gasteiger partial charge in [-0.05, 0) is 83.7 Å². The van der Waals surface area contributed by atoms with Gasteiger partial charge in [0, 0.05) is 19.1 Å². The van der Waals surface area contributed by atoms with Crippen LogP contribution in [0.3, 0.4) is 0 Å². The second-order valence-corrected chi connectivity index (χ2v) is 10.8. The summed E-state index contributed by atoms with van der Waals surface area (Å²) in [4.78, 5) is 27.0. The molecule has 0 saturated carbocycles. The van der Waals surface area contributed by atoms with Gasteiger partial charge in [-0.1, -0.05) is 18.2 Å². The molecule has 2 unspecified atom stereocenters. The Balaban J connectivity index is 1.71.